The van der Waals surface area contributed by atoms with E-state index in [0.29, 0.717) is 6.07 Å². The molecule has 0 fully saturated rings. The molecule has 1 atom stereocenters. The molecule has 0 amide bonds. The molecule has 0 bridgehead atoms. The quantitative estimate of drug-likeness (QED) is 0.633. The maximum absolute atomic E-state index is 13.5. The summed E-state index contributed by atoms with van der Waals surface area (Å²) >= 11 is 0. The van der Waals surface area contributed by atoms with Crippen LogP contribution in [0.3, 0.4) is 0 Å². The predicted molar refractivity (Wildman–Crippen MR) is 63.8 cm³/mol. The van der Waals surface area contributed by atoms with Gasteiger partial charge in [0.05, 0.1) is 19.3 Å². The maximum Gasteiger partial charge on any atom is 0.244 e. The lowest BCUT2D eigenvalue weighted by molar-refractivity contribution is 0.139. The van der Waals surface area contributed by atoms with E-state index in [2.05, 4.69) is 4.74 Å². The second kappa shape index (κ2) is 6.24. The van der Waals surface area contributed by atoms with E-state index in [1.165, 1.54) is 7.11 Å². The molecular formula is C10H14F2N2O4S. The zero-order chi connectivity index (χ0) is 14.6. The topological polar surface area (TPSA) is 102 Å². The summed E-state index contributed by atoms with van der Waals surface area (Å²) in [6.07, 6.45) is 0. The number of anilines is 1. The molecule has 4 N–H and O–H groups in total. The predicted octanol–water partition coefficient (Wildman–Crippen LogP) is -0.167. The summed E-state index contributed by atoms with van der Waals surface area (Å²) in [5.41, 5.74) is 5.04. The Morgan fingerprint density at radius 3 is 2.63 bits per heavy atom. The molecule has 0 aliphatic rings. The number of aliphatic hydroxyl groups excluding tert-OH is 1. The van der Waals surface area contributed by atoms with Crippen LogP contribution in [0, 0.1) is 11.6 Å². The highest BCUT2D eigenvalue weighted by Gasteiger charge is 2.25. The van der Waals surface area contributed by atoms with E-state index in [-0.39, 0.29) is 12.3 Å². The first-order valence-corrected chi connectivity index (χ1v) is 6.66. The summed E-state index contributed by atoms with van der Waals surface area (Å²) in [5.74, 6) is -2.90. The second-order valence-corrected chi connectivity index (χ2v) is 5.45. The van der Waals surface area contributed by atoms with E-state index in [4.69, 9.17) is 10.8 Å². The Kier molecular flexibility index (Phi) is 5.18. The molecule has 0 aliphatic heterocycles. The molecule has 1 rings (SSSR count). The molecule has 19 heavy (non-hydrogen) atoms. The average molecular weight is 296 g/mol. The minimum Gasteiger partial charge on any atom is -0.399 e. The van der Waals surface area contributed by atoms with Gasteiger partial charge in [-0.15, -0.1) is 0 Å². The van der Waals surface area contributed by atoms with Crippen LogP contribution in [0.15, 0.2) is 17.0 Å². The van der Waals surface area contributed by atoms with Crippen LogP contribution in [0.5, 0.6) is 0 Å². The van der Waals surface area contributed by atoms with Crippen molar-refractivity contribution in [2.45, 2.75) is 10.9 Å². The highest BCUT2D eigenvalue weighted by atomic mass is 32.2. The Morgan fingerprint density at radius 1 is 1.47 bits per heavy atom. The van der Waals surface area contributed by atoms with Crippen molar-refractivity contribution in [3.05, 3.63) is 23.8 Å². The number of hydrogen-bond acceptors (Lipinski definition) is 5. The summed E-state index contributed by atoms with van der Waals surface area (Å²) in [4.78, 5) is -0.917. The van der Waals surface area contributed by atoms with Gasteiger partial charge in [0.1, 0.15) is 4.90 Å². The lowest BCUT2D eigenvalue weighted by Gasteiger charge is -2.16. The molecule has 0 aliphatic carbocycles. The highest BCUT2D eigenvalue weighted by Crippen LogP contribution is 2.21. The minimum atomic E-state index is -4.35. The van der Waals surface area contributed by atoms with Crippen LogP contribution in [0.25, 0.3) is 0 Å². The molecule has 0 heterocycles. The van der Waals surface area contributed by atoms with Gasteiger partial charge < -0.3 is 15.6 Å². The van der Waals surface area contributed by atoms with E-state index in [0.717, 1.165) is 6.07 Å². The summed E-state index contributed by atoms with van der Waals surface area (Å²) < 4.78 is 57.0. The molecule has 0 saturated carbocycles. The highest BCUT2D eigenvalue weighted by molar-refractivity contribution is 7.89. The Labute approximate surface area is 109 Å². The van der Waals surface area contributed by atoms with Crippen LogP contribution in [0.1, 0.15) is 0 Å². The van der Waals surface area contributed by atoms with Gasteiger partial charge in [-0.1, -0.05) is 0 Å². The second-order valence-electron chi connectivity index (χ2n) is 3.77. The van der Waals surface area contributed by atoms with E-state index in [1.54, 1.807) is 0 Å². The first kappa shape index (κ1) is 15.8. The SMILES string of the molecule is COCC(CO)NS(=O)(=O)c1cc(N)cc(F)c1F. The summed E-state index contributed by atoms with van der Waals surface area (Å²) in [5, 5.41) is 8.95. The number of nitrogen functional groups attached to an aromatic ring is 1. The van der Waals surface area contributed by atoms with Crippen molar-refractivity contribution in [3.8, 4) is 0 Å². The molecular weight excluding hydrogens is 282 g/mol. The fourth-order valence-electron chi connectivity index (χ4n) is 1.39. The first-order chi connectivity index (χ1) is 8.81. The van der Waals surface area contributed by atoms with Crippen molar-refractivity contribution >= 4 is 15.7 Å². The van der Waals surface area contributed by atoms with Gasteiger partial charge in [-0.25, -0.2) is 21.9 Å². The lowest BCUT2D eigenvalue weighted by Crippen LogP contribution is -2.40. The van der Waals surface area contributed by atoms with Gasteiger partial charge in [-0.3, -0.25) is 0 Å². The molecule has 0 radical (unpaired) electrons. The average Bonchev–Trinajstić information content (AvgIpc) is 2.32. The molecule has 0 spiro atoms. The Balaban J connectivity index is 3.13. The van der Waals surface area contributed by atoms with Crippen LogP contribution < -0.4 is 10.5 Å². The molecule has 108 valence electrons. The zero-order valence-corrected chi connectivity index (χ0v) is 10.9. The van der Waals surface area contributed by atoms with Crippen LogP contribution in [0.4, 0.5) is 14.5 Å². The standard InChI is InChI=1S/C10H14F2N2O4S/c1-18-5-7(4-15)14-19(16,17)9-3-6(13)2-8(11)10(9)12/h2-3,7,14-15H,4-5,13H2,1H3. The van der Waals surface area contributed by atoms with Gasteiger partial charge in [-0.2, -0.15) is 0 Å². The number of nitrogens with one attached hydrogen (secondary N) is 1. The van der Waals surface area contributed by atoms with E-state index < -0.39 is 39.2 Å². The number of ether oxygens (including phenoxy) is 1. The number of benzene rings is 1. The number of hydrogen-bond donors (Lipinski definition) is 3. The van der Waals surface area contributed by atoms with Gasteiger partial charge >= 0.3 is 0 Å². The Bertz CT molecular complexity index is 551. The van der Waals surface area contributed by atoms with Gasteiger partial charge in [0, 0.05) is 12.8 Å². The summed E-state index contributed by atoms with van der Waals surface area (Å²) in [7, 11) is -3.05. The molecule has 0 saturated heterocycles. The van der Waals surface area contributed by atoms with Gasteiger partial charge in [-0.05, 0) is 12.1 Å². The third-order valence-electron chi connectivity index (χ3n) is 2.22. The lowest BCUT2D eigenvalue weighted by atomic mass is 10.3. The fraction of sp³-hybridized carbons (Fsp3) is 0.400. The number of sulfonamides is 1. The largest absolute Gasteiger partial charge is 0.399 e. The molecule has 6 nitrogen and oxygen atoms in total. The van der Waals surface area contributed by atoms with E-state index >= 15 is 0 Å². The molecule has 1 aromatic carbocycles. The molecule has 0 aromatic heterocycles. The van der Waals surface area contributed by atoms with Gasteiger partial charge in [0.15, 0.2) is 11.6 Å². The van der Waals surface area contributed by atoms with Crippen LogP contribution in [-0.2, 0) is 14.8 Å². The third-order valence-corrected chi connectivity index (χ3v) is 3.74. The van der Waals surface area contributed by atoms with Crippen molar-refractivity contribution in [1.82, 2.24) is 4.72 Å². The smallest absolute Gasteiger partial charge is 0.244 e. The fourth-order valence-corrected chi connectivity index (χ4v) is 2.72. The van der Waals surface area contributed by atoms with Gasteiger partial charge in [0.2, 0.25) is 10.0 Å². The van der Waals surface area contributed by atoms with E-state index in [1.807, 2.05) is 4.72 Å². The molecule has 9 heteroatoms. The monoisotopic (exact) mass is 296 g/mol. The summed E-state index contributed by atoms with van der Waals surface area (Å²) in [6, 6.07) is 0.494. The number of aliphatic hydroxyl groups is 1. The minimum absolute atomic E-state index is 0.123. The number of methoxy groups -OCH3 is 1. The molecule has 1 unspecified atom stereocenters. The van der Waals surface area contributed by atoms with Crippen molar-refractivity contribution in [1.29, 1.82) is 0 Å². The van der Waals surface area contributed by atoms with Crippen molar-refractivity contribution in [2.24, 2.45) is 0 Å². The first-order valence-electron chi connectivity index (χ1n) is 5.18. The third kappa shape index (κ3) is 3.83. The number of halogens is 2. The Hall–Kier alpha value is -1.29. The molecule has 1 aromatic rings. The van der Waals surface area contributed by atoms with Gasteiger partial charge in [0.25, 0.3) is 0 Å². The van der Waals surface area contributed by atoms with Crippen LogP contribution in [-0.4, -0.2) is 39.9 Å². The van der Waals surface area contributed by atoms with Crippen molar-refractivity contribution in [2.75, 3.05) is 26.1 Å². The summed E-state index contributed by atoms with van der Waals surface area (Å²) in [6.45, 7) is -0.679. The van der Waals surface area contributed by atoms with Crippen LogP contribution in [0.2, 0.25) is 0 Å². The number of rotatable bonds is 6. The Morgan fingerprint density at radius 2 is 2.11 bits per heavy atom. The van der Waals surface area contributed by atoms with Crippen molar-refractivity contribution in [3.63, 3.8) is 0 Å². The maximum atomic E-state index is 13.5. The number of nitrogens with two attached hydrogens (primary N) is 1. The van der Waals surface area contributed by atoms with Crippen molar-refractivity contribution < 1.29 is 27.0 Å². The van der Waals surface area contributed by atoms with Crippen LogP contribution >= 0.6 is 0 Å². The zero-order valence-electron chi connectivity index (χ0n) is 10.1. The normalized spacial score (nSPS) is 13.5. The van der Waals surface area contributed by atoms with E-state index in [9.17, 15) is 17.2 Å².